The van der Waals surface area contributed by atoms with Gasteiger partial charge in [0.25, 0.3) is 0 Å². The second-order valence-electron chi connectivity index (χ2n) is 15.0. The number of hydrogen-bond acceptors (Lipinski definition) is 36. The van der Waals surface area contributed by atoms with Crippen molar-refractivity contribution in [3.8, 4) is 0 Å². The predicted molar refractivity (Wildman–Crippen MR) is 242 cm³/mol. The second kappa shape index (κ2) is 58.2. The fourth-order valence-corrected chi connectivity index (χ4v) is 5.19. The van der Waals surface area contributed by atoms with Gasteiger partial charge in [-0.2, -0.15) is 0 Å². The molecule has 0 aliphatic heterocycles. The maximum absolute atomic E-state index is 10.8. The molecule has 0 radical (unpaired) electrons. The summed E-state index contributed by atoms with van der Waals surface area (Å²) < 4.78 is 20.4. The molecule has 0 aromatic carbocycles. The van der Waals surface area contributed by atoms with Crippen LogP contribution in [0.5, 0.6) is 0 Å². The Hall–Kier alpha value is -4.01. The molecule has 498 valence electrons. The summed E-state index contributed by atoms with van der Waals surface area (Å²) in [6, 6.07) is 0. The molecule has 25 N–H and O–H groups in total. The molecule has 0 heterocycles. The van der Waals surface area contributed by atoms with Crippen molar-refractivity contribution in [1.82, 2.24) is 0 Å². The molecule has 0 fully saturated rings. The number of carboxylic acids is 15. The molecule has 0 bridgehead atoms. The van der Waals surface area contributed by atoms with Crippen molar-refractivity contribution in [1.29, 1.82) is 0 Å². The average molecular weight is 1410 g/mol. The van der Waals surface area contributed by atoms with Crippen molar-refractivity contribution >= 4 is 140 Å². The number of carboxylic acid groups (broad SMARTS) is 17. The van der Waals surface area contributed by atoms with Gasteiger partial charge in [-0.25, -0.2) is 24.0 Å². The predicted octanol–water partition coefficient (Wildman–Crippen LogP) is -32.6. The van der Waals surface area contributed by atoms with E-state index in [1.165, 1.54) is 0 Å². The van der Waals surface area contributed by atoms with E-state index >= 15 is 0 Å². The molecule has 93 heavy (non-hydrogen) atoms. The molecule has 0 unspecified atom stereocenters. The minimum Gasteiger partial charge on any atom is -0.907 e. The van der Waals surface area contributed by atoms with Crippen LogP contribution >= 0.6 is 0 Å². The van der Waals surface area contributed by atoms with E-state index in [0.29, 0.717) is 0 Å². The van der Waals surface area contributed by atoms with Crippen LogP contribution in [0, 0.1) is 0 Å². The first-order valence-corrected chi connectivity index (χ1v) is 20.8. The van der Waals surface area contributed by atoms with E-state index in [1.54, 1.807) is 0 Å². The summed E-state index contributed by atoms with van der Waals surface area (Å²) in [7, 11) is -15.9. The SMILES string of the molecule is O=C(O)CC(CC(=O)O)(OB(O)O)C(=O)O.O=C(O)CC(CC(=O)O)(OB(O)O)C(=O)O.O=C(O)CC(CC(=O)O)(OB(O)O)C(=O)O.O=C(O)CC(CC(=O)O)(OB(O)O)C(=O)O.O=C(O)CC(CC(=O)O)(OB(O)O)C(=O)O.O=C([O-])[O-].[Na+].[Na+].[Na+].[Na+].[Na+].[O-]B([O-])[O-]. The van der Waals surface area contributed by atoms with Gasteiger partial charge in [0.2, 0.25) is 0 Å². The van der Waals surface area contributed by atoms with Gasteiger partial charge in [0, 0.05) is 0 Å². The summed E-state index contributed by atoms with van der Waals surface area (Å²) in [4.78, 5) is 166. The first-order valence-electron chi connectivity index (χ1n) is 20.8. The van der Waals surface area contributed by atoms with Crippen LogP contribution in [0.3, 0.4) is 0 Å². The quantitative estimate of drug-likeness (QED) is 0.0262. The molecular formula is C31H45B6Na5O51. The van der Waals surface area contributed by atoms with Crippen LogP contribution in [0.4, 0.5) is 4.79 Å². The topological polar surface area (TPSA) is 940 Å². The minimum atomic E-state index is -2.92. The minimum absolute atomic E-state index is 0. The van der Waals surface area contributed by atoms with Gasteiger partial charge in [0.1, 0.15) is 0 Å². The van der Waals surface area contributed by atoms with E-state index in [-0.39, 0.29) is 148 Å². The van der Waals surface area contributed by atoms with Gasteiger partial charge in [-0.05, 0) is 6.16 Å². The smallest absolute Gasteiger partial charge is 0.907 e. The molecule has 0 spiro atoms. The number of hydrogen-bond donors (Lipinski definition) is 25. The molecule has 0 amide bonds. The van der Waals surface area contributed by atoms with Crippen molar-refractivity contribution in [2.75, 3.05) is 0 Å². The van der Waals surface area contributed by atoms with E-state index in [9.17, 15) is 71.9 Å². The van der Waals surface area contributed by atoms with E-state index in [0.717, 1.165) is 0 Å². The Morgan fingerprint density at radius 3 is 0.333 bits per heavy atom. The van der Waals surface area contributed by atoms with Crippen molar-refractivity contribution in [2.45, 2.75) is 92.2 Å². The molecule has 0 aromatic heterocycles. The largest absolute Gasteiger partial charge is 1.00 e. The van der Waals surface area contributed by atoms with Crippen LogP contribution in [0.1, 0.15) is 64.2 Å². The molecule has 51 nitrogen and oxygen atoms in total. The normalized spacial score (nSPS) is 9.90. The Bertz CT molecular complexity index is 1940. The van der Waals surface area contributed by atoms with E-state index in [1.807, 2.05) is 0 Å². The van der Waals surface area contributed by atoms with Crippen LogP contribution in [-0.4, -0.2) is 294 Å². The van der Waals surface area contributed by atoms with Gasteiger partial charge in [-0.1, -0.05) is 0 Å². The van der Waals surface area contributed by atoms with Gasteiger partial charge < -0.3 is 180 Å². The Labute approximate surface area is 625 Å². The number of aliphatic carboxylic acids is 15. The maximum Gasteiger partial charge on any atom is 1.00 e. The molecule has 0 saturated carbocycles. The van der Waals surface area contributed by atoms with Crippen LogP contribution in [-0.2, 0) is 95.2 Å². The van der Waals surface area contributed by atoms with Crippen LogP contribution in [0.25, 0.3) is 0 Å². The first kappa shape index (κ1) is 116. The van der Waals surface area contributed by atoms with Gasteiger partial charge in [-0.3, -0.25) is 55.3 Å². The average Bonchev–Trinajstić information content (AvgIpc) is 3.23. The molecule has 0 aromatic rings. The fourth-order valence-electron chi connectivity index (χ4n) is 5.19. The zero-order chi connectivity index (χ0) is 71.8. The zero-order valence-corrected chi connectivity index (χ0v) is 57.8. The standard InChI is InChI=1S/5C6H9BO9.CH2O3.BO3.5Na/c5*8-3(9)1-6(5(12)13,2-4(10)11)16-7(14)15;2*2-1(3)4;;;;;/h5*14-15H,1-2H2,(H,8,9)(H,10,11)(H,12,13);(H2,2,3,4);;;;;;/q;;;;;;-3;5*+1/p-2. The molecule has 62 heteroatoms. The molecule has 0 aliphatic carbocycles. The van der Waals surface area contributed by atoms with Crippen molar-refractivity contribution in [3.05, 3.63) is 0 Å². The molecule has 0 saturated heterocycles. The van der Waals surface area contributed by atoms with Gasteiger partial charge in [0.05, 0.1) is 64.2 Å². The Morgan fingerprint density at radius 2 is 0.301 bits per heavy atom. The third-order valence-corrected chi connectivity index (χ3v) is 7.97. The number of carbonyl (C=O) groups is 16. The van der Waals surface area contributed by atoms with Gasteiger partial charge in [-0.15, -0.1) is 0 Å². The van der Waals surface area contributed by atoms with Gasteiger partial charge >= 0.3 is 274 Å². The Kier molecular flexibility index (Phi) is 72.7. The van der Waals surface area contributed by atoms with E-state index in [2.05, 4.69) is 23.3 Å². The third kappa shape index (κ3) is 63.8. The fraction of sp³-hybridized carbons (Fsp3) is 0.484. The summed E-state index contributed by atoms with van der Waals surface area (Å²) in [6.07, 6.45) is -14.5. The molecule has 0 atom stereocenters. The monoisotopic (exact) mass is 1410 g/mol. The van der Waals surface area contributed by atoms with Crippen molar-refractivity contribution in [3.63, 3.8) is 0 Å². The summed E-state index contributed by atoms with van der Waals surface area (Å²) in [5.74, 6) is -26.0. The zero-order valence-electron chi connectivity index (χ0n) is 47.8. The molecule has 0 rings (SSSR count). The Balaban J connectivity index is -0.0000000844. The van der Waals surface area contributed by atoms with Gasteiger partial charge in [0.15, 0.2) is 28.0 Å². The first-order chi connectivity index (χ1) is 39.4. The van der Waals surface area contributed by atoms with Crippen molar-refractivity contribution < 1.29 is 400 Å². The summed E-state index contributed by atoms with van der Waals surface area (Å²) >= 11 is 0. The van der Waals surface area contributed by atoms with Crippen molar-refractivity contribution in [2.24, 2.45) is 0 Å². The second-order valence-corrected chi connectivity index (χ2v) is 15.0. The van der Waals surface area contributed by atoms with Crippen LogP contribution < -0.4 is 173 Å². The van der Waals surface area contributed by atoms with E-state index < -0.39 is 232 Å². The number of rotatable bonds is 35. The molecular weight excluding hydrogens is 1370 g/mol. The summed E-state index contributed by atoms with van der Waals surface area (Å²) in [6.45, 7) is 0. The maximum atomic E-state index is 10.8. The number of carbonyl (C=O) groups excluding carboxylic acids is 1. The summed E-state index contributed by atoms with van der Waals surface area (Å²) in [5.41, 5.74) is -13.6. The van der Waals surface area contributed by atoms with E-state index in [4.69, 9.17) is 157 Å². The van der Waals surface area contributed by atoms with Crippen LogP contribution in [0.2, 0.25) is 0 Å². The Morgan fingerprint density at radius 1 is 0.237 bits per heavy atom. The summed E-state index contributed by atoms with van der Waals surface area (Å²) in [5, 5.41) is 254. The van der Waals surface area contributed by atoms with Crippen LogP contribution in [0.15, 0.2) is 0 Å². The third-order valence-electron chi connectivity index (χ3n) is 7.97. The molecule has 0 aliphatic rings.